The molecule has 0 bridgehead atoms. The Kier molecular flexibility index (Phi) is 8.20. The van der Waals surface area contributed by atoms with Gasteiger partial charge in [0, 0.05) is 0 Å². The van der Waals surface area contributed by atoms with E-state index in [0.29, 0.717) is 0 Å². The minimum Gasteiger partial charge on any atom is -0.0836 e. The predicted octanol–water partition coefficient (Wildman–Crippen LogP) is 13.1. The lowest BCUT2D eigenvalue weighted by atomic mass is 9.79. The van der Waals surface area contributed by atoms with Crippen LogP contribution in [0.15, 0.2) is 101 Å². The summed E-state index contributed by atoms with van der Waals surface area (Å²) in [6.07, 6.45) is 19.6. The maximum atomic E-state index is 2.55. The minimum atomic E-state index is 0.113. The first-order chi connectivity index (χ1) is 21.8. The summed E-state index contributed by atoms with van der Waals surface area (Å²) >= 11 is 0. The Hall–Kier alpha value is -3.64. The van der Waals surface area contributed by atoms with E-state index in [1.165, 1.54) is 105 Å². The second-order valence-electron chi connectivity index (χ2n) is 15.2. The number of fused-ring (bicyclic) bond motifs is 8. The molecule has 7 rings (SSSR count). The van der Waals surface area contributed by atoms with Crippen molar-refractivity contribution < 1.29 is 0 Å². The minimum absolute atomic E-state index is 0.113. The number of allylic oxidation sites excluding steroid dienone is 6. The maximum Gasteiger partial charge on any atom is -0.00994 e. The van der Waals surface area contributed by atoms with Crippen molar-refractivity contribution in [3.05, 3.63) is 129 Å². The third kappa shape index (κ3) is 6.27. The first kappa shape index (κ1) is 30.0. The van der Waals surface area contributed by atoms with Crippen molar-refractivity contribution in [3.63, 3.8) is 0 Å². The van der Waals surface area contributed by atoms with E-state index in [0.717, 1.165) is 25.2 Å². The molecule has 1 fully saturated rings. The van der Waals surface area contributed by atoms with Gasteiger partial charge in [-0.25, -0.2) is 0 Å². The third-order valence-corrected chi connectivity index (χ3v) is 10.8. The summed E-state index contributed by atoms with van der Waals surface area (Å²) in [7, 11) is 0. The van der Waals surface area contributed by atoms with Crippen molar-refractivity contribution in [2.45, 2.75) is 104 Å². The van der Waals surface area contributed by atoms with Gasteiger partial charge in [0.1, 0.15) is 0 Å². The summed E-state index contributed by atoms with van der Waals surface area (Å²) in [6, 6.07) is 26.1. The summed E-state index contributed by atoms with van der Waals surface area (Å²) in [6.45, 7) is 11.7. The van der Waals surface area contributed by atoms with Gasteiger partial charge in [-0.15, -0.1) is 0 Å². The highest BCUT2D eigenvalue weighted by Gasteiger charge is 2.31. The van der Waals surface area contributed by atoms with E-state index < -0.39 is 0 Å². The molecule has 0 aromatic heterocycles. The largest absolute Gasteiger partial charge is 0.0836 e. The second-order valence-corrected chi connectivity index (χ2v) is 15.2. The molecule has 45 heavy (non-hydrogen) atoms. The predicted molar refractivity (Wildman–Crippen MR) is 197 cm³/mol. The Morgan fingerprint density at radius 2 is 1.49 bits per heavy atom. The van der Waals surface area contributed by atoms with Crippen LogP contribution < -0.4 is 0 Å². The van der Waals surface area contributed by atoms with Gasteiger partial charge < -0.3 is 0 Å². The fraction of sp³-hybridized carbons (Fsp3) is 0.378. The lowest BCUT2D eigenvalue weighted by Gasteiger charge is -2.25. The fourth-order valence-electron chi connectivity index (χ4n) is 8.04. The summed E-state index contributed by atoms with van der Waals surface area (Å²) in [5.41, 5.74) is 15.4. The van der Waals surface area contributed by atoms with E-state index in [1.807, 2.05) is 0 Å². The van der Waals surface area contributed by atoms with Crippen LogP contribution in [-0.4, -0.2) is 0 Å². The SMILES string of the molecule is C/C1=C/C(C)=C2/CC2CCc2cc3ccccc3cc2/C2=C(/CC/C=C\c3c2ccc2ccc(C(C)(C)C)cc32)CCCCC1. The van der Waals surface area contributed by atoms with Gasteiger partial charge in [-0.05, 0) is 144 Å². The van der Waals surface area contributed by atoms with Gasteiger partial charge in [0.2, 0.25) is 0 Å². The Balaban J connectivity index is 1.45. The molecule has 230 valence electrons. The average Bonchev–Trinajstić information content (AvgIpc) is 3.79. The van der Waals surface area contributed by atoms with E-state index in [2.05, 4.69) is 120 Å². The summed E-state index contributed by atoms with van der Waals surface area (Å²) in [5.74, 6) is 0.738. The smallest absolute Gasteiger partial charge is 0.00994 e. The van der Waals surface area contributed by atoms with E-state index in [9.17, 15) is 0 Å². The van der Waals surface area contributed by atoms with Gasteiger partial charge in [0.25, 0.3) is 0 Å². The number of benzene rings is 4. The van der Waals surface area contributed by atoms with Gasteiger partial charge in [0.05, 0.1) is 0 Å². The first-order valence-corrected chi connectivity index (χ1v) is 17.6. The Morgan fingerprint density at radius 1 is 0.711 bits per heavy atom. The van der Waals surface area contributed by atoms with Crippen LogP contribution in [0.2, 0.25) is 0 Å². The standard InChI is InChI=1S/C45H50/c1-30-13-7-6-8-14-33-15-11-12-18-39-40(24-22-32-21-23-38(29-42(32)39)45(3,4)5)44(33)43-27-35-17-10-9-16-34(35)26-36(43)19-20-37-28-41(37)31(2)25-30/h9-10,12,16-18,21-27,29,37H,6-8,11,13-15,19-20,28H2,1-5H3/b18-12-,30-25-,41-31-,44-33+. The molecule has 0 heteroatoms. The van der Waals surface area contributed by atoms with E-state index in [1.54, 1.807) is 16.7 Å². The number of hydrogen-bond acceptors (Lipinski definition) is 0. The molecule has 0 aliphatic heterocycles. The summed E-state index contributed by atoms with van der Waals surface area (Å²) in [4.78, 5) is 0. The maximum absolute atomic E-state index is 2.55. The molecule has 0 amide bonds. The molecule has 0 heterocycles. The zero-order valence-corrected chi connectivity index (χ0v) is 28.2. The van der Waals surface area contributed by atoms with Gasteiger partial charge in [-0.2, -0.15) is 0 Å². The zero-order valence-electron chi connectivity index (χ0n) is 28.2. The molecule has 4 aromatic carbocycles. The quantitative estimate of drug-likeness (QED) is 0.191. The van der Waals surface area contributed by atoms with Crippen LogP contribution in [-0.2, 0) is 11.8 Å². The van der Waals surface area contributed by atoms with Gasteiger partial charge in [0.15, 0.2) is 0 Å². The lowest BCUT2D eigenvalue weighted by Crippen LogP contribution is -2.11. The second kappa shape index (κ2) is 12.3. The normalized spacial score (nSPS) is 24.8. The van der Waals surface area contributed by atoms with Gasteiger partial charge in [-0.3, -0.25) is 0 Å². The third-order valence-electron chi connectivity index (χ3n) is 10.8. The van der Waals surface area contributed by atoms with Crippen molar-refractivity contribution in [1.29, 1.82) is 0 Å². The molecule has 0 nitrogen and oxygen atoms in total. The van der Waals surface area contributed by atoms with Crippen molar-refractivity contribution in [2.75, 3.05) is 0 Å². The van der Waals surface area contributed by atoms with Crippen LogP contribution in [0, 0.1) is 5.92 Å². The number of hydrogen-bond donors (Lipinski definition) is 0. The highest BCUT2D eigenvalue weighted by Crippen LogP contribution is 2.46. The molecule has 3 aliphatic rings. The van der Waals surface area contributed by atoms with Crippen molar-refractivity contribution in [1.82, 2.24) is 0 Å². The average molecular weight is 591 g/mol. The number of rotatable bonds is 0. The van der Waals surface area contributed by atoms with E-state index in [-0.39, 0.29) is 5.41 Å². The van der Waals surface area contributed by atoms with Crippen LogP contribution >= 0.6 is 0 Å². The fourth-order valence-corrected chi connectivity index (χ4v) is 8.04. The van der Waals surface area contributed by atoms with Crippen LogP contribution in [0.4, 0.5) is 0 Å². The molecular formula is C45H50. The molecule has 1 saturated carbocycles. The molecule has 1 unspecified atom stereocenters. The summed E-state index contributed by atoms with van der Waals surface area (Å²) < 4.78 is 0. The zero-order chi connectivity index (χ0) is 31.1. The molecule has 4 aromatic rings. The van der Waals surface area contributed by atoms with Crippen LogP contribution in [0.1, 0.15) is 120 Å². The molecule has 1 atom stereocenters. The van der Waals surface area contributed by atoms with E-state index >= 15 is 0 Å². The molecule has 0 saturated heterocycles. The highest BCUT2D eigenvalue weighted by molar-refractivity contribution is 6.01. The summed E-state index contributed by atoms with van der Waals surface area (Å²) in [5, 5.41) is 5.46. The molecular weight excluding hydrogens is 540 g/mol. The highest BCUT2D eigenvalue weighted by atomic mass is 14.4. The van der Waals surface area contributed by atoms with Crippen LogP contribution in [0.5, 0.6) is 0 Å². The van der Waals surface area contributed by atoms with Crippen molar-refractivity contribution in [3.8, 4) is 0 Å². The molecule has 0 spiro atoms. The Morgan fingerprint density at radius 3 is 2.31 bits per heavy atom. The lowest BCUT2D eigenvalue weighted by molar-refractivity contribution is 0.591. The Bertz CT molecular complexity index is 1890. The van der Waals surface area contributed by atoms with Crippen LogP contribution in [0.25, 0.3) is 33.2 Å². The molecule has 3 aliphatic carbocycles. The first-order valence-electron chi connectivity index (χ1n) is 17.6. The number of aryl methyl sites for hydroxylation is 1. The van der Waals surface area contributed by atoms with E-state index in [4.69, 9.17) is 0 Å². The van der Waals surface area contributed by atoms with Gasteiger partial charge >= 0.3 is 0 Å². The molecule has 0 N–H and O–H groups in total. The van der Waals surface area contributed by atoms with Crippen LogP contribution in [0.3, 0.4) is 0 Å². The monoisotopic (exact) mass is 590 g/mol. The van der Waals surface area contributed by atoms with Crippen molar-refractivity contribution in [2.24, 2.45) is 5.92 Å². The Labute approximate surface area is 271 Å². The van der Waals surface area contributed by atoms with Crippen molar-refractivity contribution >= 4 is 33.2 Å². The van der Waals surface area contributed by atoms with Gasteiger partial charge in [-0.1, -0.05) is 128 Å². The topological polar surface area (TPSA) is 0 Å². The molecule has 0 radical (unpaired) electrons.